The number of carbonyl (C=O) groups is 1. The van der Waals surface area contributed by atoms with Crippen LogP contribution in [0.25, 0.3) is 0 Å². The number of likely N-dealkylation sites (tertiary alicyclic amines) is 1. The second kappa shape index (κ2) is 9.90. The van der Waals surface area contributed by atoms with Gasteiger partial charge in [-0.3, -0.25) is 9.69 Å². The van der Waals surface area contributed by atoms with Crippen LogP contribution in [0.4, 0.5) is 13.2 Å². The summed E-state index contributed by atoms with van der Waals surface area (Å²) in [4.78, 5) is 14.7. The quantitative estimate of drug-likeness (QED) is 0.636. The van der Waals surface area contributed by atoms with Crippen LogP contribution in [0.2, 0.25) is 10.0 Å². The van der Waals surface area contributed by atoms with Crippen molar-refractivity contribution in [1.29, 1.82) is 5.26 Å². The van der Waals surface area contributed by atoms with Gasteiger partial charge in [-0.1, -0.05) is 35.3 Å². The number of amides is 1. The Bertz CT molecular complexity index is 996. The maximum Gasteiger partial charge on any atom is 0.416 e. The third-order valence-corrected chi connectivity index (χ3v) is 6.09. The van der Waals surface area contributed by atoms with Gasteiger partial charge in [0.2, 0.25) is 5.91 Å². The largest absolute Gasteiger partial charge is 0.416 e. The van der Waals surface area contributed by atoms with Gasteiger partial charge in [0.1, 0.15) is 0 Å². The van der Waals surface area contributed by atoms with Crippen molar-refractivity contribution in [2.75, 3.05) is 13.1 Å². The van der Waals surface area contributed by atoms with Crippen LogP contribution >= 0.6 is 23.2 Å². The van der Waals surface area contributed by atoms with Crippen molar-refractivity contribution in [3.05, 3.63) is 68.7 Å². The topological polar surface area (TPSA) is 56.1 Å². The molecule has 164 valence electrons. The fourth-order valence-corrected chi connectivity index (χ4v) is 3.96. The number of rotatable bonds is 5. The Labute approximate surface area is 188 Å². The molecule has 1 fully saturated rings. The number of hydrogen-bond donors (Lipinski definition) is 1. The molecule has 0 radical (unpaired) electrons. The van der Waals surface area contributed by atoms with Crippen molar-refractivity contribution in [3.63, 3.8) is 0 Å². The first-order chi connectivity index (χ1) is 14.7. The zero-order valence-electron chi connectivity index (χ0n) is 16.5. The highest BCUT2D eigenvalue weighted by atomic mass is 35.5. The number of piperidine rings is 1. The van der Waals surface area contributed by atoms with Crippen molar-refractivity contribution in [2.45, 2.75) is 32.1 Å². The Kier molecular flexibility index (Phi) is 7.47. The Morgan fingerprint density at radius 3 is 2.45 bits per heavy atom. The molecule has 2 aromatic rings. The number of carbonyl (C=O) groups excluding carboxylic acids is 1. The number of alkyl halides is 3. The van der Waals surface area contributed by atoms with Crippen molar-refractivity contribution in [1.82, 2.24) is 10.2 Å². The number of hydrogen-bond acceptors (Lipinski definition) is 3. The molecule has 0 aliphatic carbocycles. The van der Waals surface area contributed by atoms with Crippen LogP contribution in [0.5, 0.6) is 0 Å². The standard InChI is InChI=1S/C22H20Cl2F3N3O/c23-19-4-2-15(10-20(19)24)13-30-7-5-16(6-8-30)21(31)29-12-17-3-1-14(11-28)9-18(17)22(25,26)27/h1-4,9-10,16H,5-8,12-13H2,(H,29,31). The van der Waals surface area contributed by atoms with E-state index in [2.05, 4.69) is 10.2 Å². The molecule has 4 nitrogen and oxygen atoms in total. The van der Waals surface area contributed by atoms with Gasteiger partial charge < -0.3 is 5.32 Å². The minimum atomic E-state index is -4.59. The first kappa shape index (κ1) is 23.4. The van der Waals surface area contributed by atoms with E-state index < -0.39 is 11.7 Å². The SMILES string of the molecule is N#Cc1ccc(CNC(=O)C2CCN(Cc3ccc(Cl)c(Cl)c3)CC2)c(C(F)(F)F)c1. The highest BCUT2D eigenvalue weighted by molar-refractivity contribution is 6.42. The average molecular weight is 470 g/mol. The van der Waals surface area contributed by atoms with Crippen LogP contribution < -0.4 is 5.32 Å². The number of nitrogens with zero attached hydrogens (tertiary/aromatic N) is 2. The summed E-state index contributed by atoms with van der Waals surface area (Å²) in [6, 6.07) is 10.5. The van der Waals surface area contributed by atoms with E-state index in [1.807, 2.05) is 12.1 Å². The molecule has 1 aliphatic rings. The van der Waals surface area contributed by atoms with Crippen molar-refractivity contribution >= 4 is 29.1 Å². The molecule has 1 saturated heterocycles. The van der Waals surface area contributed by atoms with E-state index in [0.717, 1.165) is 11.6 Å². The van der Waals surface area contributed by atoms with E-state index in [0.29, 0.717) is 42.5 Å². The van der Waals surface area contributed by atoms with Crippen LogP contribution in [0.3, 0.4) is 0 Å². The van der Waals surface area contributed by atoms with Crippen molar-refractivity contribution in [2.24, 2.45) is 5.92 Å². The van der Waals surface area contributed by atoms with Crippen LogP contribution in [-0.2, 0) is 24.1 Å². The number of nitriles is 1. The van der Waals surface area contributed by atoms with Gasteiger partial charge in [0.25, 0.3) is 0 Å². The summed E-state index contributed by atoms with van der Waals surface area (Å²) >= 11 is 12.0. The van der Waals surface area contributed by atoms with Crippen LogP contribution in [0.1, 0.15) is 35.1 Å². The average Bonchev–Trinajstić information content (AvgIpc) is 2.74. The lowest BCUT2D eigenvalue weighted by atomic mass is 9.95. The molecular formula is C22H20Cl2F3N3O. The Hall–Kier alpha value is -2.27. The monoisotopic (exact) mass is 469 g/mol. The third kappa shape index (κ3) is 6.13. The van der Waals surface area contributed by atoms with E-state index in [1.165, 1.54) is 12.1 Å². The van der Waals surface area contributed by atoms with E-state index in [-0.39, 0.29) is 29.5 Å². The summed E-state index contributed by atoms with van der Waals surface area (Å²) in [6.45, 7) is 1.85. The smallest absolute Gasteiger partial charge is 0.352 e. The predicted octanol–water partition coefficient (Wildman–Crippen LogP) is 5.41. The highest BCUT2D eigenvalue weighted by Crippen LogP contribution is 2.33. The molecule has 0 aromatic heterocycles. The van der Waals surface area contributed by atoms with Gasteiger partial charge in [0.05, 0.1) is 27.2 Å². The molecule has 2 aromatic carbocycles. The van der Waals surface area contributed by atoms with E-state index in [9.17, 15) is 18.0 Å². The Morgan fingerprint density at radius 2 is 1.84 bits per heavy atom. The van der Waals surface area contributed by atoms with Crippen molar-refractivity contribution < 1.29 is 18.0 Å². The summed E-state index contributed by atoms with van der Waals surface area (Å²) < 4.78 is 39.8. The zero-order chi connectivity index (χ0) is 22.6. The van der Waals surface area contributed by atoms with Gasteiger partial charge in [-0.25, -0.2) is 0 Å². The summed E-state index contributed by atoms with van der Waals surface area (Å²) in [7, 11) is 0. The summed E-state index contributed by atoms with van der Waals surface area (Å²) in [6.07, 6.45) is -3.36. The number of benzene rings is 2. The Morgan fingerprint density at radius 1 is 1.13 bits per heavy atom. The molecule has 1 amide bonds. The molecule has 0 unspecified atom stereocenters. The molecule has 1 heterocycles. The molecule has 0 bridgehead atoms. The van der Waals surface area contributed by atoms with E-state index >= 15 is 0 Å². The number of halogens is 5. The van der Waals surface area contributed by atoms with Crippen LogP contribution in [0.15, 0.2) is 36.4 Å². The van der Waals surface area contributed by atoms with Gasteiger partial charge in [0.15, 0.2) is 0 Å². The lowest BCUT2D eigenvalue weighted by molar-refractivity contribution is -0.138. The maximum atomic E-state index is 13.3. The fraction of sp³-hybridized carbons (Fsp3) is 0.364. The summed E-state index contributed by atoms with van der Waals surface area (Å²) in [5, 5.41) is 12.5. The molecule has 0 atom stereocenters. The highest BCUT2D eigenvalue weighted by Gasteiger charge is 2.34. The van der Waals surface area contributed by atoms with Gasteiger partial charge in [-0.15, -0.1) is 0 Å². The molecule has 3 rings (SSSR count). The van der Waals surface area contributed by atoms with Gasteiger partial charge in [-0.2, -0.15) is 18.4 Å². The summed E-state index contributed by atoms with van der Waals surface area (Å²) in [5.74, 6) is -0.510. The molecule has 0 saturated carbocycles. The molecule has 1 aliphatic heterocycles. The molecule has 1 N–H and O–H groups in total. The maximum absolute atomic E-state index is 13.3. The van der Waals surface area contributed by atoms with Gasteiger partial charge in [0, 0.05) is 19.0 Å². The van der Waals surface area contributed by atoms with Crippen LogP contribution in [-0.4, -0.2) is 23.9 Å². The first-order valence-electron chi connectivity index (χ1n) is 9.71. The predicted molar refractivity (Wildman–Crippen MR) is 112 cm³/mol. The van der Waals surface area contributed by atoms with Gasteiger partial charge >= 0.3 is 6.18 Å². The fourth-order valence-electron chi connectivity index (χ4n) is 3.64. The minimum Gasteiger partial charge on any atom is -0.352 e. The minimum absolute atomic E-state index is 0.0584. The molecule has 9 heteroatoms. The normalized spacial score (nSPS) is 15.5. The second-order valence-corrected chi connectivity index (χ2v) is 8.31. The van der Waals surface area contributed by atoms with E-state index in [4.69, 9.17) is 28.5 Å². The summed E-state index contributed by atoms with van der Waals surface area (Å²) in [5.41, 5.74) is -0.00487. The lowest BCUT2D eigenvalue weighted by Crippen LogP contribution is -2.40. The third-order valence-electron chi connectivity index (χ3n) is 5.35. The lowest BCUT2D eigenvalue weighted by Gasteiger charge is -2.31. The molecular weight excluding hydrogens is 450 g/mol. The zero-order valence-corrected chi connectivity index (χ0v) is 18.0. The Balaban J connectivity index is 1.54. The van der Waals surface area contributed by atoms with Crippen molar-refractivity contribution in [3.8, 4) is 6.07 Å². The van der Waals surface area contributed by atoms with Crippen LogP contribution in [0, 0.1) is 17.2 Å². The second-order valence-electron chi connectivity index (χ2n) is 7.50. The van der Waals surface area contributed by atoms with Gasteiger partial charge in [-0.05, 0) is 61.3 Å². The van der Waals surface area contributed by atoms with E-state index in [1.54, 1.807) is 12.1 Å². The number of nitrogens with one attached hydrogen (secondary N) is 1. The first-order valence-corrected chi connectivity index (χ1v) is 10.5. The molecule has 0 spiro atoms. The molecule has 31 heavy (non-hydrogen) atoms.